The number of aliphatic hydroxyl groups is 2. The van der Waals surface area contributed by atoms with Crippen molar-refractivity contribution in [3.63, 3.8) is 0 Å². The van der Waals surface area contributed by atoms with Crippen LogP contribution in [0.4, 0.5) is 0 Å². The number of rotatable bonds is 24. The Morgan fingerprint density at radius 1 is 0.526 bits per heavy atom. The Kier molecular flexibility index (Phi) is 19.7. The molecule has 5 N–H and O–H groups in total. The maximum atomic E-state index is 12.2. The zero-order valence-corrected chi connectivity index (χ0v) is 22.2. The van der Waals surface area contributed by atoms with Crippen LogP contribution in [-0.4, -0.2) is 79.8 Å². The second kappa shape index (κ2) is 21.2. The predicted octanol–water partition coefficient (Wildman–Crippen LogP) is 3.05. The van der Waals surface area contributed by atoms with Gasteiger partial charge in [-0.1, -0.05) is 45.4 Å². The molecule has 0 heterocycles. The van der Waals surface area contributed by atoms with Crippen molar-refractivity contribution in [3.05, 3.63) is 0 Å². The fourth-order valence-corrected chi connectivity index (χ4v) is 3.84. The lowest BCUT2D eigenvalue weighted by molar-refractivity contribution is -0.177. The first-order chi connectivity index (χ1) is 18.0. The van der Waals surface area contributed by atoms with Crippen molar-refractivity contribution in [1.29, 1.82) is 0 Å². The van der Waals surface area contributed by atoms with E-state index in [0.717, 1.165) is 19.3 Å². The molecular weight excluding hydrogens is 504 g/mol. The molecule has 0 amide bonds. The summed E-state index contributed by atoms with van der Waals surface area (Å²) in [7, 11) is 0. The first-order valence-electron chi connectivity index (χ1n) is 13.4. The van der Waals surface area contributed by atoms with E-state index in [2.05, 4.69) is 0 Å². The Morgan fingerprint density at radius 2 is 0.895 bits per heavy atom. The SMILES string of the molecule is CCCCCCC(OC(=O)CCC(=O)O)C(O)C(O)C(CCCCCCCC(=O)O)OC(=O)CCC(=O)O. The van der Waals surface area contributed by atoms with Gasteiger partial charge in [0.15, 0.2) is 0 Å². The molecule has 0 fully saturated rings. The van der Waals surface area contributed by atoms with Crippen LogP contribution >= 0.6 is 0 Å². The van der Waals surface area contributed by atoms with E-state index in [1.807, 2.05) is 6.92 Å². The van der Waals surface area contributed by atoms with E-state index < -0.39 is 79.9 Å². The van der Waals surface area contributed by atoms with E-state index in [0.29, 0.717) is 38.5 Å². The van der Waals surface area contributed by atoms with Crippen LogP contribution in [0, 0.1) is 0 Å². The molecule has 220 valence electrons. The third-order valence-corrected chi connectivity index (χ3v) is 5.98. The number of carbonyl (C=O) groups is 5. The molecule has 0 aromatic carbocycles. The van der Waals surface area contributed by atoms with Crippen molar-refractivity contribution in [2.24, 2.45) is 0 Å². The third-order valence-electron chi connectivity index (χ3n) is 5.98. The summed E-state index contributed by atoms with van der Waals surface area (Å²) in [4.78, 5) is 56.5. The van der Waals surface area contributed by atoms with Crippen LogP contribution in [0.3, 0.4) is 0 Å². The number of carboxylic acid groups (broad SMARTS) is 3. The Morgan fingerprint density at radius 3 is 1.29 bits per heavy atom. The Labute approximate surface area is 223 Å². The van der Waals surface area contributed by atoms with Gasteiger partial charge in [0, 0.05) is 6.42 Å². The molecule has 0 aliphatic heterocycles. The van der Waals surface area contributed by atoms with E-state index in [1.54, 1.807) is 0 Å². The molecule has 0 aromatic heterocycles. The van der Waals surface area contributed by atoms with E-state index in [4.69, 9.17) is 24.8 Å². The molecule has 0 bridgehead atoms. The third kappa shape index (κ3) is 18.5. The quantitative estimate of drug-likeness (QED) is 0.0871. The van der Waals surface area contributed by atoms with Crippen LogP contribution in [0.2, 0.25) is 0 Å². The van der Waals surface area contributed by atoms with Gasteiger partial charge in [-0.2, -0.15) is 0 Å². The number of esters is 2. The fraction of sp³-hybridized carbons (Fsp3) is 0.808. The summed E-state index contributed by atoms with van der Waals surface area (Å²) in [6.45, 7) is 2.01. The lowest BCUT2D eigenvalue weighted by Crippen LogP contribution is -2.47. The zero-order chi connectivity index (χ0) is 28.9. The number of ether oxygens (including phenoxy) is 2. The van der Waals surface area contributed by atoms with Crippen LogP contribution < -0.4 is 0 Å². The van der Waals surface area contributed by atoms with Crippen LogP contribution in [0.5, 0.6) is 0 Å². The maximum absolute atomic E-state index is 12.2. The van der Waals surface area contributed by atoms with E-state index in [-0.39, 0.29) is 19.3 Å². The van der Waals surface area contributed by atoms with Gasteiger partial charge in [-0.3, -0.25) is 24.0 Å². The fourth-order valence-electron chi connectivity index (χ4n) is 3.84. The van der Waals surface area contributed by atoms with Crippen LogP contribution in [0.15, 0.2) is 0 Å². The topological polar surface area (TPSA) is 205 Å². The molecule has 0 radical (unpaired) electrons. The highest BCUT2D eigenvalue weighted by Crippen LogP contribution is 2.22. The van der Waals surface area contributed by atoms with Crippen molar-refractivity contribution in [2.45, 2.75) is 134 Å². The summed E-state index contributed by atoms with van der Waals surface area (Å²) in [6.07, 6.45) is -0.651. The van der Waals surface area contributed by atoms with Crippen LogP contribution in [-0.2, 0) is 33.4 Å². The molecule has 12 heteroatoms. The molecule has 4 atom stereocenters. The summed E-state index contributed by atoms with van der Waals surface area (Å²) < 4.78 is 10.6. The van der Waals surface area contributed by atoms with Crippen LogP contribution in [0.1, 0.15) is 110 Å². The van der Waals surface area contributed by atoms with Gasteiger partial charge in [-0.05, 0) is 32.1 Å². The van der Waals surface area contributed by atoms with Crippen molar-refractivity contribution in [2.75, 3.05) is 0 Å². The minimum atomic E-state index is -1.64. The van der Waals surface area contributed by atoms with Gasteiger partial charge in [0.25, 0.3) is 0 Å². The van der Waals surface area contributed by atoms with Gasteiger partial charge in [0.2, 0.25) is 0 Å². The Bertz CT molecular complexity index is 723. The standard InChI is InChI=1S/C26H44O12/c1-2-3-4-8-11-18(37-23(33)16-14-21(29)30)25(35)26(36)19(38-24(34)17-15-22(31)32)12-9-6-5-7-10-13-20(27)28/h18-19,25-26,35-36H,2-17H2,1H3,(H,27,28)(H,29,30)(H,31,32). The second-order valence-electron chi connectivity index (χ2n) is 9.37. The smallest absolute Gasteiger partial charge is 0.306 e. The Hall–Kier alpha value is -2.73. The molecule has 0 aromatic rings. The van der Waals surface area contributed by atoms with Crippen molar-refractivity contribution >= 4 is 29.8 Å². The highest BCUT2D eigenvalue weighted by atomic mass is 16.6. The number of hydrogen-bond donors (Lipinski definition) is 5. The number of hydrogen-bond acceptors (Lipinski definition) is 9. The highest BCUT2D eigenvalue weighted by Gasteiger charge is 2.36. The van der Waals surface area contributed by atoms with Crippen molar-refractivity contribution in [3.8, 4) is 0 Å². The van der Waals surface area contributed by atoms with Gasteiger partial charge in [-0.25, -0.2) is 0 Å². The lowest BCUT2D eigenvalue weighted by atomic mass is 9.95. The monoisotopic (exact) mass is 548 g/mol. The van der Waals surface area contributed by atoms with E-state index in [9.17, 15) is 34.2 Å². The van der Waals surface area contributed by atoms with E-state index in [1.165, 1.54) is 0 Å². The summed E-state index contributed by atoms with van der Waals surface area (Å²) in [6, 6.07) is 0. The van der Waals surface area contributed by atoms with Crippen LogP contribution in [0.25, 0.3) is 0 Å². The first-order valence-corrected chi connectivity index (χ1v) is 13.4. The normalized spacial score (nSPS) is 14.2. The molecule has 0 aliphatic carbocycles. The molecule has 38 heavy (non-hydrogen) atoms. The first kappa shape index (κ1) is 35.3. The number of aliphatic hydroxyl groups excluding tert-OH is 2. The van der Waals surface area contributed by atoms with Gasteiger partial charge < -0.3 is 35.0 Å². The molecule has 0 saturated heterocycles. The highest BCUT2D eigenvalue weighted by molar-refractivity contribution is 5.77. The van der Waals surface area contributed by atoms with Crippen molar-refractivity contribution in [1.82, 2.24) is 0 Å². The average molecular weight is 549 g/mol. The molecule has 0 aliphatic rings. The van der Waals surface area contributed by atoms with Gasteiger partial charge in [-0.15, -0.1) is 0 Å². The predicted molar refractivity (Wildman–Crippen MR) is 134 cm³/mol. The largest absolute Gasteiger partial charge is 0.481 e. The minimum Gasteiger partial charge on any atom is -0.481 e. The maximum Gasteiger partial charge on any atom is 0.306 e. The molecule has 0 spiro atoms. The number of carboxylic acids is 3. The molecule has 4 unspecified atom stereocenters. The number of unbranched alkanes of at least 4 members (excludes halogenated alkanes) is 7. The lowest BCUT2D eigenvalue weighted by Gasteiger charge is -2.31. The van der Waals surface area contributed by atoms with Crippen molar-refractivity contribution < 1.29 is 59.0 Å². The summed E-state index contributed by atoms with van der Waals surface area (Å²) >= 11 is 0. The molecule has 0 saturated carbocycles. The van der Waals surface area contributed by atoms with Gasteiger partial charge in [0.1, 0.15) is 24.4 Å². The van der Waals surface area contributed by atoms with E-state index >= 15 is 0 Å². The number of aliphatic carboxylic acids is 3. The van der Waals surface area contributed by atoms with Gasteiger partial charge >= 0.3 is 29.8 Å². The summed E-state index contributed by atoms with van der Waals surface area (Å²) in [5.74, 6) is -4.94. The summed E-state index contributed by atoms with van der Waals surface area (Å²) in [5.41, 5.74) is 0. The number of carbonyl (C=O) groups excluding carboxylic acids is 2. The molecule has 0 rings (SSSR count). The molecule has 12 nitrogen and oxygen atoms in total. The molecular formula is C26H44O12. The summed E-state index contributed by atoms with van der Waals surface area (Å²) in [5, 5.41) is 48.1. The minimum absolute atomic E-state index is 0.0690. The second-order valence-corrected chi connectivity index (χ2v) is 9.37. The zero-order valence-electron chi connectivity index (χ0n) is 22.2. The average Bonchev–Trinajstić information content (AvgIpc) is 2.85. The van der Waals surface area contributed by atoms with Gasteiger partial charge in [0.05, 0.1) is 25.7 Å². The Balaban J connectivity index is 5.30.